The van der Waals surface area contributed by atoms with Gasteiger partial charge < -0.3 is 10.4 Å². The third-order valence-electron chi connectivity index (χ3n) is 4.34. The summed E-state index contributed by atoms with van der Waals surface area (Å²) < 4.78 is 0.952. The summed E-state index contributed by atoms with van der Waals surface area (Å²) in [5.74, 6) is -1.71. The van der Waals surface area contributed by atoms with Crippen LogP contribution in [-0.4, -0.2) is 17.0 Å². The average Bonchev–Trinajstić information content (AvgIpc) is 2.86. The smallest absolute Gasteiger partial charge is 0.307 e. The van der Waals surface area contributed by atoms with E-state index in [0.29, 0.717) is 18.8 Å². The molecular weight excluding hydrogens is 334 g/mol. The number of carboxylic acid groups (broad SMARTS) is 1. The van der Waals surface area contributed by atoms with Crippen molar-refractivity contribution in [3.05, 3.63) is 28.2 Å². The van der Waals surface area contributed by atoms with Crippen molar-refractivity contribution >= 4 is 33.5 Å². The molecule has 5 heteroatoms. The van der Waals surface area contributed by atoms with Gasteiger partial charge in [0.1, 0.15) is 0 Å². The first-order valence-corrected chi connectivity index (χ1v) is 8.01. The number of rotatable bonds is 4. The second kappa shape index (κ2) is 6.60. The Morgan fingerprint density at radius 3 is 2.57 bits per heavy atom. The van der Waals surface area contributed by atoms with E-state index in [-0.39, 0.29) is 5.91 Å². The molecule has 2 rings (SSSR count). The molecule has 0 aliphatic heterocycles. The van der Waals surface area contributed by atoms with Crippen molar-refractivity contribution < 1.29 is 14.7 Å². The number of amides is 1. The van der Waals surface area contributed by atoms with E-state index in [1.807, 2.05) is 32.0 Å². The lowest BCUT2D eigenvalue weighted by atomic mass is 9.95. The maximum Gasteiger partial charge on any atom is 0.307 e. The van der Waals surface area contributed by atoms with E-state index in [1.165, 1.54) is 0 Å². The van der Waals surface area contributed by atoms with E-state index in [0.717, 1.165) is 22.1 Å². The molecule has 1 unspecified atom stereocenters. The summed E-state index contributed by atoms with van der Waals surface area (Å²) in [4.78, 5) is 23.8. The fourth-order valence-corrected chi connectivity index (χ4v) is 3.51. The lowest BCUT2D eigenvalue weighted by Gasteiger charge is -2.16. The van der Waals surface area contributed by atoms with Gasteiger partial charge in [0.2, 0.25) is 5.91 Å². The molecule has 1 aromatic rings. The molecule has 4 nitrogen and oxygen atoms in total. The molecule has 0 heterocycles. The molecule has 0 aromatic heterocycles. The molecule has 0 radical (unpaired) electrons. The number of carbonyl (C=O) groups excluding carboxylic acids is 1. The number of carboxylic acids is 1. The minimum absolute atomic E-state index is 0.177. The Balaban J connectivity index is 2.13. The van der Waals surface area contributed by atoms with E-state index in [9.17, 15) is 14.7 Å². The van der Waals surface area contributed by atoms with Crippen molar-refractivity contribution in [1.82, 2.24) is 0 Å². The average molecular weight is 354 g/mol. The summed E-state index contributed by atoms with van der Waals surface area (Å²) in [5, 5.41) is 12.2. The van der Waals surface area contributed by atoms with Crippen molar-refractivity contribution in [1.29, 1.82) is 0 Å². The van der Waals surface area contributed by atoms with Gasteiger partial charge in [-0.05, 0) is 49.4 Å². The number of anilines is 1. The van der Waals surface area contributed by atoms with E-state index in [2.05, 4.69) is 21.2 Å². The van der Waals surface area contributed by atoms with Crippen molar-refractivity contribution in [2.75, 3.05) is 5.32 Å². The molecule has 3 atom stereocenters. The molecule has 21 heavy (non-hydrogen) atoms. The Hall–Kier alpha value is -1.36. The van der Waals surface area contributed by atoms with Gasteiger partial charge >= 0.3 is 5.97 Å². The normalized spacial score (nSPS) is 24.8. The van der Waals surface area contributed by atoms with Crippen LogP contribution in [0.2, 0.25) is 0 Å². The van der Waals surface area contributed by atoms with Gasteiger partial charge in [0.15, 0.2) is 0 Å². The van der Waals surface area contributed by atoms with Crippen LogP contribution in [0.15, 0.2) is 22.7 Å². The van der Waals surface area contributed by atoms with Crippen LogP contribution in [0.25, 0.3) is 0 Å². The largest absolute Gasteiger partial charge is 0.481 e. The van der Waals surface area contributed by atoms with E-state index < -0.39 is 17.8 Å². The van der Waals surface area contributed by atoms with Gasteiger partial charge in [-0.25, -0.2) is 0 Å². The SMILES string of the molecule is CCC1C[C@H](C(=O)Nc2ccc(Br)cc2C)[C@H](C(=O)O)C1. The number of nitrogens with one attached hydrogen (secondary N) is 1. The zero-order valence-electron chi connectivity index (χ0n) is 12.2. The fourth-order valence-electron chi connectivity index (χ4n) is 3.03. The molecule has 1 aliphatic carbocycles. The second-order valence-corrected chi connectivity index (χ2v) is 6.66. The molecule has 0 saturated heterocycles. The van der Waals surface area contributed by atoms with Crippen LogP contribution in [0.1, 0.15) is 31.7 Å². The van der Waals surface area contributed by atoms with Gasteiger partial charge in [-0.15, -0.1) is 0 Å². The highest BCUT2D eigenvalue weighted by Gasteiger charge is 2.42. The van der Waals surface area contributed by atoms with Gasteiger partial charge in [-0.2, -0.15) is 0 Å². The number of carbonyl (C=O) groups is 2. The van der Waals surface area contributed by atoms with E-state index in [1.54, 1.807) is 0 Å². The molecule has 0 spiro atoms. The van der Waals surface area contributed by atoms with E-state index >= 15 is 0 Å². The molecule has 1 amide bonds. The number of aliphatic carboxylic acids is 1. The molecule has 0 bridgehead atoms. The highest BCUT2D eigenvalue weighted by molar-refractivity contribution is 9.10. The first kappa shape index (κ1) is 16.0. The van der Waals surface area contributed by atoms with Gasteiger partial charge in [-0.3, -0.25) is 9.59 Å². The number of hydrogen-bond donors (Lipinski definition) is 2. The molecule has 114 valence electrons. The first-order valence-electron chi connectivity index (χ1n) is 7.22. The van der Waals surface area contributed by atoms with Crippen molar-refractivity contribution in [2.24, 2.45) is 17.8 Å². The standard InChI is InChI=1S/C16H20BrNO3/c1-3-10-7-12(13(8-10)16(20)21)15(19)18-14-5-4-11(17)6-9(14)2/h4-6,10,12-13H,3,7-8H2,1-2H3,(H,18,19)(H,20,21)/t10?,12-,13+/m0/s1. The summed E-state index contributed by atoms with van der Waals surface area (Å²) in [7, 11) is 0. The maximum atomic E-state index is 12.4. The Morgan fingerprint density at radius 1 is 1.33 bits per heavy atom. The molecular formula is C16H20BrNO3. The highest BCUT2D eigenvalue weighted by Crippen LogP contribution is 2.39. The third kappa shape index (κ3) is 3.64. The monoisotopic (exact) mass is 353 g/mol. The Morgan fingerprint density at radius 2 is 2.00 bits per heavy atom. The van der Waals surface area contributed by atoms with Crippen molar-refractivity contribution in [2.45, 2.75) is 33.1 Å². The number of benzene rings is 1. The summed E-state index contributed by atoms with van der Waals surface area (Å²) in [5.41, 5.74) is 1.70. The van der Waals surface area contributed by atoms with Crippen LogP contribution in [0, 0.1) is 24.7 Å². The third-order valence-corrected chi connectivity index (χ3v) is 4.83. The Kier molecular flexibility index (Phi) is 5.04. The lowest BCUT2D eigenvalue weighted by Crippen LogP contribution is -2.30. The van der Waals surface area contributed by atoms with Crippen LogP contribution in [0.4, 0.5) is 5.69 Å². The van der Waals surface area contributed by atoms with Gasteiger partial charge in [0, 0.05) is 10.2 Å². The summed E-state index contributed by atoms with van der Waals surface area (Å²) in [6, 6.07) is 5.62. The summed E-state index contributed by atoms with van der Waals surface area (Å²) >= 11 is 3.38. The predicted molar refractivity (Wildman–Crippen MR) is 85.1 cm³/mol. The van der Waals surface area contributed by atoms with Crippen LogP contribution < -0.4 is 5.32 Å². The number of aryl methyl sites for hydroxylation is 1. The van der Waals surface area contributed by atoms with E-state index in [4.69, 9.17) is 0 Å². The second-order valence-electron chi connectivity index (χ2n) is 5.75. The number of hydrogen-bond acceptors (Lipinski definition) is 2. The summed E-state index contributed by atoms with van der Waals surface area (Å²) in [6.45, 7) is 3.96. The Bertz CT molecular complexity index is 558. The summed E-state index contributed by atoms with van der Waals surface area (Å²) in [6.07, 6.45) is 2.18. The first-order chi connectivity index (χ1) is 9.92. The molecule has 1 aliphatic rings. The topological polar surface area (TPSA) is 66.4 Å². The minimum atomic E-state index is -0.862. The van der Waals surface area contributed by atoms with Crippen LogP contribution in [-0.2, 0) is 9.59 Å². The van der Waals surface area contributed by atoms with Gasteiger partial charge in [0.25, 0.3) is 0 Å². The zero-order chi connectivity index (χ0) is 15.6. The molecule has 1 saturated carbocycles. The fraction of sp³-hybridized carbons (Fsp3) is 0.500. The Labute approximate surface area is 133 Å². The van der Waals surface area contributed by atoms with Crippen LogP contribution in [0.3, 0.4) is 0 Å². The number of halogens is 1. The van der Waals surface area contributed by atoms with Crippen molar-refractivity contribution in [3.8, 4) is 0 Å². The zero-order valence-corrected chi connectivity index (χ0v) is 13.8. The van der Waals surface area contributed by atoms with Gasteiger partial charge in [-0.1, -0.05) is 29.3 Å². The highest BCUT2D eigenvalue weighted by atomic mass is 79.9. The van der Waals surface area contributed by atoms with Crippen LogP contribution in [0.5, 0.6) is 0 Å². The van der Waals surface area contributed by atoms with Crippen molar-refractivity contribution in [3.63, 3.8) is 0 Å². The lowest BCUT2D eigenvalue weighted by molar-refractivity contribution is -0.145. The molecule has 1 fully saturated rings. The quantitative estimate of drug-likeness (QED) is 0.864. The predicted octanol–water partition coefficient (Wildman–Crippen LogP) is 3.83. The molecule has 1 aromatic carbocycles. The van der Waals surface area contributed by atoms with Crippen LogP contribution >= 0.6 is 15.9 Å². The molecule has 2 N–H and O–H groups in total. The van der Waals surface area contributed by atoms with Gasteiger partial charge in [0.05, 0.1) is 11.8 Å². The minimum Gasteiger partial charge on any atom is -0.481 e. The maximum absolute atomic E-state index is 12.4.